The molecule has 0 aromatic heterocycles. The molecule has 0 heterocycles. The quantitative estimate of drug-likeness (QED) is 0.807. The Hall–Kier alpha value is -1.25. The molecule has 19 heavy (non-hydrogen) atoms. The average Bonchev–Trinajstić information content (AvgIpc) is 2.46. The average molecular weight is 271 g/mol. The van der Waals surface area contributed by atoms with E-state index < -0.39 is 0 Å². The van der Waals surface area contributed by atoms with Crippen LogP contribution < -0.4 is 5.73 Å². The van der Waals surface area contributed by atoms with Gasteiger partial charge in [-0.2, -0.15) is 0 Å². The number of rotatable bonds is 5. The lowest BCUT2D eigenvalue weighted by Crippen LogP contribution is -1.96. The molecular weight excluding hydrogens is 250 g/mol. The lowest BCUT2D eigenvalue weighted by molar-refractivity contribution is 0.865. The van der Waals surface area contributed by atoms with Gasteiger partial charge >= 0.3 is 0 Å². The van der Waals surface area contributed by atoms with Gasteiger partial charge in [0.2, 0.25) is 0 Å². The smallest absolute Gasteiger partial charge is 0.0232 e. The van der Waals surface area contributed by atoms with E-state index in [0.29, 0.717) is 12.5 Å². The van der Waals surface area contributed by atoms with Crippen LogP contribution in [0.1, 0.15) is 36.5 Å². The van der Waals surface area contributed by atoms with Crippen LogP contribution in [-0.2, 0) is 12.3 Å². The molecule has 2 heteroatoms. The molecule has 0 saturated carbocycles. The van der Waals surface area contributed by atoms with Gasteiger partial charge in [0.1, 0.15) is 0 Å². The maximum absolute atomic E-state index is 5.66. The van der Waals surface area contributed by atoms with Crippen molar-refractivity contribution >= 4 is 11.8 Å². The number of thioether (sulfide) groups is 1. The zero-order chi connectivity index (χ0) is 13.7. The van der Waals surface area contributed by atoms with Gasteiger partial charge in [-0.25, -0.2) is 0 Å². The first kappa shape index (κ1) is 14.2. The lowest BCUT2D eigenvalue weighted by Gasteiger charge is -2.07. The molecule has 0 aliphatic rings. The number of hydrogen-bond donors (Lipinski definition) is 1. The summed E-state index contributed by atoms with van der Waals surface area (Å²) in [6.45, 7) is 5.06. The van der Waals surface area contributed by atoms with Crippen molar-refractivity contribution in [1.82, 2.24) is 0 Å². The van der Waals surface area contributed by atoms with E-state index in [9.17, 15) is 0 Å². The molecule has 0 unspecified atom stereocenters. The van der Waals surface area contributed by atoms with Gasteiger partial charge in [-0.05, 0) is 34.7 Å². The maximum atomic E-state index is 5.66. The van der Waals surface area contributed by atoms with Crippen LogP contribution in [0.25, 0.3) is 0 Å². The molecule has 1 nitrogen and oxygen atoms in total. The molecule has 0 radical (unpaired) electrons. The van der Waals surface area contributed by atoms with E-state index in [0.717, 1.165) is 5.75 Å². The third-order valence-electron chi connectivity index (χ3n) is 3.18. The van der Waals surface area contributed by atoms with Gasteiger partial charge in [-0.3, -0.25) is 0 Å². The molecule has 2 aromatic carbocycles. The van der Waals surface area contributed by atoms with Crippen molar-refractivity contribution < 1.29 is 0 Å². The summed E-state index contributed by atoms with van der Waals surface area (Å²) in [5.74, 6) is 1.59. The monoisotopic (exact) mass is 271 g/mol. The summed E-state index contributed by atoms with van der Waals surface area (Å²) in [7, 11) is 0. The summed E-state index contributed by atoms with van der Waals surface area (Å²) in [5, 5.41) is 0. The summed E-state index contributed by atoms with van der Waals surface area (Å²) in [6, 6.07) is 17.4. The Kier molecular flexibility index (Phi) is 5.06. The standard InChI is InChI=1S/C17H21NS/c1-13(2)16-6-8-17(9-7-16)19-12-15-5-3-4-14(10-15)11-18/h3-10,13H,11-12,18H2,1-2H3. The predicted molar refractivity (Wildman–Crippen MR) is 84.4 cm³/mol. The van der Waals surface area contributed by atoms with E-state index in [1.54, 1.807) is 0 Å². The molecule has 0 atom stereocenters. The van der Waals surface area contributed by atoms with Crippen molar-refractivity contribution in [2.45, 2.75) is 37.0 Å². The molecule has 2 aromatic rings. The van der Waals surface area contributed by atoms with Gasteiger partial charge in [-0.1, -0.05) is 50.2 Å². The highest BCUT2D eigenvalue weighted by atomic mass is 32.2. The summed E-state index contributed by atoms with van der Waals surface area (Å²) in [4.78, 5) is 1.32. The van der Waals surface area contributed by atoms with Crippen molar-refractivity contribution in [3.63, 3.8) is 0 Å². The minimum atomic E-state index is 0.597. The van der Waals surface area contributed by atoms with Crippen LogP contribution in [0.5, 0.6) is 0 Å². The molecule has 0 aliphatic heterocycles. The molecule has 0 bridgehead atoms. The largest absolute Gasteiger partial charge is 0.326 e. The summed E-state index contributed by atoms with van der Waals surface area (Å²) in [6.07, 6.45) is 0. The third kappa shape index (κ3) is 4.12. The predicted octanol–water partition coefficient (Wildman–Crippen LogP) is 4.56. The van der Waals surface area contributed by atoms with Gasteiger partial charge in [0.05, 0.1) is 0 Å². The van der Waals surface area contributed by atoms with E-state index in [4.69, 9.17) is 5.73 Å². The molecule has 0 aliphatic carbocycles. The van der Waals surface area contributed by atoms with Crippen molar-refractivity contribution in [3.05, 3.63) is 65.2 Å². The van der Waals surface area contributed by atoms with Crippen LogP contribution >= 0.6 is 11.8 Å². The Morgan fingerprint density at radius 3 is 2.32 bits per heavy atom. The highest BCUT2D eigenvalue weighted by Crippen LogP contribution is 2.25. The Bertz CT molecular complexity index is 517. The normalized spacial score (nSPS) is 10.9. The second kappa shape index (κ2) is 6.78. The van der Waals surface area contributed by atoms with Gasteiger partial charge in [0, 0.05) is 17.2 Å². The molecule has 2 N–H and O–H groups in total. The molecule has 0 spiro atoms. The number of hydrogen-bond acceptors (Lipinski definition) is 2. The first-order valence-electron chi connectivity index (χ1n) is 6.69. The van der Waals surface area contributed by atoms with Gasteiger partial charge in [-0.15, -0.1) is 11.8 Å². The van der Waals surface area contributed by atoms with Crippen LogP contribution in [0.4, 0.5) is 0 Å². The second-order valence-corrected chi connectivity index (χ2v) is 6.09. The van der Waals surface area contributed by atoms with Crippen molar-refractivity contribution in [1.29, 1.82) is 0 Å². The van der Waals surface area contributed by atoms with Gasteiger partial charge in [0.15, 0.2) is 0 Å². The van der Waals surface area contributed by atoms with Gasteiger partial charge in [0.25, 0.3) is 0 Å². The van der Waals surface area contributed by atoms with Crippen LogP contribution in [0.3, 0.4) is 0 Å². The third-order valence-corrected chi connectivity index (χ3v) is 4.26. The molecule has 2 rings (SSSR count). The van der Waals surface area contributed by atoms with Crippen LogP contribution in [0.2, 0.25) is 0 Å². The highest BCUT2D eigenvalue weighted by molar-refractivity contribution is 7.98. The van der Waals surface area contributed by atoms with E-state index in [1.807, 2.05) is 11.8 Å². The first-order valence-corrected chi connectivity index (χ1v) is 7.68. The summed E-state index contributed by atoms with van der Waals surface area (Å²) in [5.41, 5.74) is 9.60. The topological polar surface area (TPSA) is 26.0 Å². The zero-order valence-corrected chi connectivity index (χ0v) is 12.4. The van der Waals surface area contributed by atoms with E-state index >= 15 is 0 Å². The van der Waals surface area contributed by atoms with Crippen LogP contribution in [-0.4, -0.2) is 0 Å². The zero-order valence-electron chi connectivity index (χ0n) is 11.6. The Morgan fingerprint density at radius 2 is 1.68 bits per heavy atom. The van der Waals surface area contributed by atoms with E-state index in [-0.39, 0.29) is 0 Å². The summed E-state index contributed by atoms with van der Waals surface area (Å²) < 4.78 is 0. The van der Waals surface area contributed by atoms with E-state index in [1.165, 1.54) is 21.6 Å². The second-order valence-electron chi connectivity index (χ2n) is 5.04. The van der Waals surface area contributed by atoms with Crippen LogP contribution in [0.15, 0.2) is 53.4 Å². The summed E-state index contributed by atoms with van der Waals surface area (Å²) >= 11 is 1.87. The van der Waals surface area contributed by atoms with E-state index in [2.05, 4.69) is 62.4 Å². The fourth-order valence-corrected chi connectivity index (χ4v) is 2.80. The maximum Gasteiger partial charge on any atom is 0.0232 e. The minimum absolute atomic E-state index is 0.597. The SMILES string of the molecule is CC(C)c1ccc(SCc2cccc(CN)c2)cc1. The molecular formula is C17H21NS. The highest BCUT2D eigenvalue weighted by Gasteiger charge is 2.00. The molecule has 0 saturated heterocycles. The fraction of sp³-hybridized carbons (Fsp3) is 0.294. The first-order chi connectivity index (χ1) is 9.19. The molecule has 100 valence electrons. The Morgan fingerprint density at radius 1 is 1.00 bits per heavy atom. The fourth-order valence-electron chi connectivity index (χ4n) is 1.96. The van der Waals surface area contributed by atoms with Crippen LogP contribution in [0, 0.1) is 0 Å². The lowest BCUT2D eigenvalue weighted by atomic mass is 10.0. The van der Waals surface area contributed by atoms with Crippen molar-refractivity contribution in [2.75, 3.05) is 0 Å². The number of benzene rings is 2. The van der Waals surface area contributed by atoms with Crippen molar-refractivity contribution in [2.24, 2.45) is 5.73 Å². The number of nitrogens with two attached hydrogens (primary N) is 1. The molecule has 0 amide bonds. The van der Waals surface area contributed by atoms with Crippen molar-refractivity contribution in [3.8, 4) is 0 Å². The van der Waals surface area contributed by atoms with Gasteiger partial charge < -0.3 is 5.73 Å². The minimum Gasteiger partial charge on any atom is -0.326 e. The molecule has 0 fully saturated rings. The Balaban J connectivity index is 1.98. The Labute approximate surface area is 120 Å².